The van der Waals surface area contributed by atoms with Crippen molar-refractivity contribution in [2.45, 2.75) is 31.3 Å². The van der Waals surface area contributed by atoms with Crippen molar-refractivity contribution in [1.82, 2.24) is 14.5 Å². The summed E-state index contributed by atoms with van der Waals surface area (Å²) in [5, 5.41) is 0. The molecule has 0 bridgehead atoms. The van der Waals surface area contributed by atoms with Crippen LogP contribution in [0.3, 0.4) is 0 Å². The molecule has 1 aromatic carbocycles. The zero-order valence-electron chi connectivity index (χ0n) is 12.3. The van der Waals surface area contributed by atoms with Gasteiger partial charge in [-0.15, -0.1) is 0 Å². The molecule has 1 fully saturated rings. The smallest absolute Gasteiger partial charge is 0.269 e. The van der Waals surface area contributed by atoms with Gasteiger partial charge in [-0.1, -0.05) is 0 Å². The minimum atomic E-state index is -0.239. The number of hydrogen-bond donors (Lipinski definition) is 1. The Hall–Kier alpha value is -1.79. The van der Waals surface area contributed by atoms with Crippen molar-refractivity contribution in [3.05, 3.63) is 40.1 Å². The summed E-state index contributed by atoms with van der Waals surface area (Å²) in [6.07, 6.45) is 3.87. The van der Waals surface area contributed by atoms with E-state index in [4.69, 9.17) is 5.73 Å². The van der Waals surface area contributed by atoms with E-state index in [-0.39, 0.29) is 23.5 Å². The third-order valence-corrected chi connectivity index (χ3v) is 4.90. The van der Waals surface area contributed by atoms with Crippen LogP contribution in [0.2, 0.25) is 0 Å². The van der Waals surface area contributed by atoms with Gasteiger partial charge in [0.05, 0.1) is 23.3 Å². The van der Waals surface area contributed by atoms with Gasteiger partial charge in [-0.05, 0) is 44.5 Å². The Labute approximate surface area is 127 Å². The molecule has 116 valence electrons. The molecule has 1 unspecified atom stereocenters. The van der Waals surface area contributed by atoms with Crippen molar-refractivity contribution in [2.75, 3.05) is 19.6 Å². The lowest BCUT2D eigenvalue weighted by atomic mass is 10.0. The van der Waals surface area contributed by atoms with Gasteiger partial charge in [0.15, 0.2) is 0 Å². The van der Waals surface area contributed by atoms with Crippen LogP contribution in [0.15, 0.2) is 23.1 Å². The lowest BCUT2D eigenvalue weighted by Gasteiger charge is -2.32. The van der Waals surface area contributed by atoms with Gasteiger partial charge in [0, 0.05) is 18.2 Å². The first-order valence-electron chi connectivity index (χ1n) is 7.80. The molecule has 6 heteroatoms. The summed E-state index contributed by atoms with van der Waals surface area (Å²) in [7, 11) is 0. The molecule has 0 radical (unpaired) electrons. The molecule has 2 aliphatic heterocycles. The fourth-order valence-corrected chi connectivity index (χ4v) is 3.73. The fourth-order valence-electron chi connectivity index (χ4n) is 3.73. The fraction of sp³-hybridized carbons (Fsp3) is 0.500. The van der Waals surface area contributed by atoms with E-state index < -0.39 is 0 Å². The SMILES string of the molecule is NC1CCN(CC2Cc3c(F)ccc4ncc(=O)n2c34)CC1. The summed E-state index contributed by atoms with van der Waals surface area (Å²) in [4.78, 5) is 18.7. The van der Waals surface area contributed by atoms with E-state index in [1.807, 2.05) is 0 Å². The Kier molecular flexibility index (Phi) is 3.23. The van der Waals surface area contributed by atoms with E-state index >= 15 is 0 Å². The lowest BCUT2D eigenvalue weighted by Crippen LogP contribution is -2.42. The molecule has 0 aliphatic carbocycles. The largest absolute Gasteiger partial charge is 0.328 e. The number of aromatic nitrogens is 2. The Morgan fingerprint density at radius 2 is 2.09 bits per heavy atom. The molecule has 2 N–H and O–H groups in total. The van der Waals surface area contributed by atoms with Crippen LogP contribution in [0.1, 0.15) is 24.4 Å². The molecule has 3 heterocycles. The molecule has 0 spiro atoms. The highest BCUT2D eigenvalue weighted by Crippen LogP contribution is 2.32. The summed E-state index contributed by atoms with van der Waals surface area (Å²) in [6, 6.07) is 3.36. The van der Waals surface area contributed by atoms with E-state index in [1.54, 1.807) is 10.6 Å². The Balaban J connectivity index is 1.70. The number of rotatable bonds is 2. The molecular weight excluding hydrogens is 283 g/mol. The number of piperidine rings is 1. The average molecular weight is 302 g/mol. The molecule has 0 saturated carbocycles. The molecule has 2 aliphatic rings. The molecule has 1 atom stereocenters. The number of hydrogen-bond acceptors (Lipinski definition) is 4. The van der Waals surface area contributed by atoms with Crippen LogP contribution < -0.4 is 11.3 Å². The lowest BCUT2D eigenvalue weighted by molar-refractivity contribution is 0.186. The Morgan fingerprint density at radius 3 is 2.86 bits per heavy atom. The topological polar surface area (TPSA) is 64.2 Å². The molecule has 2 aromatic rings. The van der Waals surface area contributed by atoms with E-state index in [0.717, 1.165) is 32.5 Å². The maximum Gasteiger partial charge on any atom is 0.269 e. The van der Waals surface area contributed by atoms with Crippen LogP contribution in [-0.4, -0.2) is 40.1 Å². The van der Waals surface area contributed by atoms with Crippen LogP contribution in [0, 0.1) is 5.82 Å². The summed E-state index contributed by atoms with van der Waals surface area (Å²) in [5.41, 5.74) is 7.79. The minimum absolute atomic E-state index is 0.0146. The van der Waals surface area contributed by atoms with Crippen LogP contribution in [-0.2, 0) is 6.42 Å². The number of nitrogens with zero attached hydrogens (tertiary/aromatic N) is 3. The molecule has 4 rings (SSSR count). The van der Waals surface area contributed by atoms with Crippen LogP contribution in [0.5, 0.6) is 0 Å². The highest BCUT2D eigenvalue weighted by Gasteiger charge is 2.30. The van der Waals surface area contributed by atoms with Crippen molar-refractivity contribution >= 4 is 11.0 Å². The van der Waals surface area contributed by atoms with Crippen molar-refractivity contribution in [1.29, 1.82) is 0 Å². The zero-order valence-corrected chi connectivity index (χ0v) is 12.3. The molecule has 5 nitrogen and oxygen atoms in total. The maximum absolute atomic E-state index is 14.1. The number of likely N-dealkylation sites (tertiary alicyclic amines) is 1. The average Bonchev–Trinajstić information content (AvgIpc) is 2.89. The van der Waals surface area contributed by atoms with Gasteiger partial charge in [-0.25, -0.2) is 9.37 Å². The van der Waals surface area contributed by atoms with E-state index in [0.29, 0.717) is 23.0 Å². The first kappa shape index (κ1) is 13.8. The summed E-state index contributed by atoms with van der Waals surface area (Å²) < 4.78 is 15.8. The highest BCUT2D eigenvalue weighted by atomic mass is 19.1. The second-order valence-corrected chi connectivity index (χ2v) is 6.36. The second kappa shape index (κ2) is 5.14. The van der Waals surface area contributed by atoms with Gasteiger partial charge >= 0.3 is 0 Å². The highest BCUT2D eigenvalue weighted by molar-refractivity contribution is 5.80. The van der Waals surface area contributed by atoms with E-state index in [2.05, 4.69) is 9.88 Å². The van der Waals surface area contributed by atoms with Crippen molar-refractivity contribution in [3.63, 3.8) is 0 Å². The van der Waals surface area contributed by atoms with Gasteiger partial charge in [0.1, 0.15) is 5.82 Å². The maximum atomic E-state index is 14.1. The van der Waals surface area contributed by atoms with Gasteiger partial charge in [0.2, 0.25) is 0 Å². The normalized spacial score (nSPS) is 22.5. The van der Waals surface area contributed by atoms with Gasteiger partial charge in [-0.2, -0.15) is 0 Å². The van der Waals surface area contributed by atoms with Crippen LogP contribution in [0.4, 0.5) is 4.39 Å². The Bertz CT molecular complexity index is 780. The summed E-state index contributed by atoms with van der Waals surface area (Å²) in [6.45, 7) is 2.65. The predicted octanol–water partition coefficient (Wildman–Crippen LogP) is 1.06. The summed E-state index contributed by atoms with van der Waals surface area (Å²) in [5.74, 6) is -0.239. The van der Waals surface area contributed by atoms with Crippen molar-refractivity contribution < 1.29 is 4.39 Å². The Morgan fingerprint density at radius 1 is 1.32 bits per heavy atom. The third kappa shape index (κ3) is 2.14. The number of nitrogens with two attached hydrogens (primary N) is 1. The number of benzene rings is 1. The van der Waals surface area contributed by atoms with Crippen molar-refractivity contribution in [3.8, 4) is 0 Å². The third-order valence-electron chi connectivity index (χ3n) is 4.90. The van der Waals surface area contributed by atoms with Crippen molar-refractivity contribution in [2.24, 2.45) is 5.73 Å². The van der Waals surface area contributed by atoms with Crippen LogP contribution in [0.25, 0.3) is 11.0 Å². The first-order chi connectivity index (χ1) is 10.6. The zero-order chi connectivity index (χ0) is 15.3. The quantitative estimate of drug-likeness (QED) is 0.901. The van der Waals surface area contributed by atoms with Gasteiger partial charge < -0.3 is 15.2 Å². The molecule has 0 amide bonds. The summed E-state index contributed by atoms with van der Waals surface area (Å²) >= 11 is 0. The predicted molar refractivity (Wildman–Crippen MR) is 82.4 cm³/mol. The van der Waals surface area contributed by atoms with Gasteiger partial charge in [0.25, 0.3) is 5.56 Å². The molecule has 1 aromatic heterocycles. The van der Waals surface area contributed by atoms with E-state index in [1.165, 1.54) is 12.3 Å². The van der Waals surface area contributed by atoms with Gasteiger partial charge in [-0.3, -0.25) is 4.79 Å². The minimum Gasteiger partial charge on any atom is -0.328 e. The molecular formula is C16H19FN4O. The monoisotopic (exact) mass is 302 g/mol. The standard InChI is InChI=1S/C16H19FN4O/c17-13-1-2-14-16-12(13)7-11(21(16)15(22)8-19-14)9-20-5-3-10(18)4-6-20/h1-2,8,10-11H,3-7,9,18H2. The van der Waals surface area contributed by atoms with Crippen LogP contribution >= 0.6 is 0 Å². The molecule has 1 saturated heterocycles. The first-order valence-corrected chi connectivity index (χ1v) is 7.80. The molecule has 22 heavy (non-hydrogen) atoms. The number of halogens is 1. The second-order valence-electron chi connectivity index (χ2n) is 6.36. The van der Waals surface area contributed by atoms with E-state index in [9.17, 15) is 9.18 Å².